The van der Waals surface area contributed by atoms with Crippen molar-refractivity contribution in [2.75, 3.05) is 0 Å². The van der Waals surface area contributed by atoms with E-state index in [0.717, 1.165) is 5.56 Å². The van der Waals surface area contributed by atoms with Crippen LogP contribution in [0.5, 0.6) is 11.5 Å². The number of nitrogens with two attached hydrogens (primary N) is 1. The summed E-state index contributed by atoms with van der Waals surface area (Å²) in [4.78, 5) is 0. The Balaban J connectivity index is 2.27. The molecule has 0 fully saturated rings. The van der Waals surface area contributed by atoms with Gasteiger partial charge in [0.15, 0.2) is 0 Å². The fourth-order valence-electron chi connectivity index (χ4n) is 1.66. The zero-order valence-electron chi connectivity index (χ0n) is 10.4. The van der Waals surface area contributed by atoms with Crippen LogP contribution in [0, 0.1) is 17.1 Å². The molecule has 1 atom stereocenters. The van der Waals surface area contributed by atoms with Gasteiger partial charge in [-0.3, -0.25) is 0 Å². The number of rotatable bonds is 3. The van der Waals surface area contributed by atoms with E-state index in [1.54, 1.807) is 24.3 Å². The van der Waals surface area contributed by atoms with Gasteiger partial charge in [0.1, 0.15) is 28.9 Å². The van der Waals surface area contributed by atoms with Crippen LogP contribution in [0.3, 0.4) is 0 Å². The molecular formula is C15H13FN2O. The van der Waals surface area contributed by atoms with E-state index in [9.17, 15) is 4.39 Å². The van der Waals surface area contributed by atoms with Crippen molar-refractivity contribution < 1.29 is 9.13 Å². The van der Waals surface area contributed by atoms with Crippen LogP contribution in [0.15, 0.2) is 42.5 Å². The van der Waals surface area contributed by atoms with Crippen LogP contribution >= 0.6 is 0 Å². The third kappa shape index (κ3) is 2.90. The molecule has 0 spiro atoms. The van der Waals surface area contributed by atoms with Crippen LogP contribution in [-0.4, -0.2) is 0 Å². The highest BCUT2D eigenvalue weighted by Gasteiger charge is 2.09. The molecule has 1 unspecified atom stereocenters. The molecule has 0 radical (unpaired) electrons. The highest BCUT2D eigenvalue weighted by molar-refractivity contribution is 5.46. The first-order valence-corrected chi connectivity index (χ1v) is 5.84. The molecule has 0 saturated carbocycles. The molecule has 2 rings (SSSR count). The highest BCUT2D eigenvalue weighted by atomic mass is 19.1. The maximum Gasteiger partial charge on any atom is 0.148 e. The maximum absolute atomic E-state index is 13.4. The van der Waals surface area contributed by atoms with Gasteiger partial charge in [-0.05, 0) is 36.8 Å². The molecule has 96 valence electrons. The Kier molecular flexibility index (Phi) is 3.79. The lowest BCUT2D eigenvalue weighted by molar-refractivity contribution is 0.474. The molecule has 0 aliphatic heterocycles. The summed E-state index contributed by atoms with van der Waals surface area (Å²) in [6.45, 7) is 1.89. The van der Waals surface area contributed by atoms with Gasteiger partial charge in [0.2, 0.25) is 0 Å². The van der Waals surface area contributed by atoms with Gasteiger partial charge in [-0.15, -0.1) is 0 Å². The third-order valence-electron chi connectivity index (χ3n) is 2.72. The van der Waals surface area contributed by atoms with Crippen molar-refractivity contribution in [3.63, 3.8) is 0 Å². The van der Waals surface area contributed by atoms with E-state index in [2.05, 4.69) is 0 Å². The molecule has 19 heavy (non-hydrogen) atoms. The van der Waals surface area contributed by atoms with E-state index in [4.69, 9.17) is 15.7 Å². The van der Waals surface area contributed by atoms with E-state index >= 15 is 0 Å². The Labute approximate surface area is 111 Å². The molecule has 0 aliphatic carbocycles. The van der Waals surface area contributed by atoms with Gasteiger partial charge in [-0.1, -0.05) is 18.2 Å². The minimum absolute atomic E-state index is 0.0575. The Bertz CT molecular complexity index is 615. The van der Waals surface area contributed by atoms with Gasteiger partial charge >= 0.3 is 0 Å². The second-order valence-electron chi connectivity index (χ2n) is 4.18. The predicted octanol–water partition coefficient (Wildman–Crippen LogP) is 3.51. The summed E-state index contributed by atoms with van der Waals surface area (Å²) < 4.78 is 18.9. The lowest BCUT2D eigenvalue weighted by atomic mass is 10.1. The number of ether oxygens (including phenoxy) is 1. The van der Waals surface area contributed by atoms with Gasteiger partial charge in [0.25, 0.3) is 0 Å². The van der Waals surface area contributed by atoms with Gasteiger partial charge in [-0.25, -0.2) is 4.39 Å². The lowest BCUT2D eigenvalue weighted by Gasteiger charge is -2.09. The molecule has 2 aromatic carbocycles. The van der Waals surface area contributed by atoms with Crippen LogP contribution < -0.4 is 10.5 Å². The van der Waals surface area contributed by atoms with Crippen LogP contribution in [0.1, 0.15) is 24.1 Å². The van der Waals surface area contributed by atoms with Crippen molar-refractivity contribution in [2.24, 2.45) is 5.73 Å². The van der Waals surface area contributed by atoms with E-state index in [-0.39, 0.29) is 17.4 Å². The SMILES string of the molecule is CC(N)c1ccc(Oc2cccc(F)c2C#N)cc1. The Morgan fingerprint density at radius 2 is 1.89 bits per heavy atom. The molecule has 2 N–H and O–H groups in total. The fourth-order valence-corrected chi connectivity index (χ4v) is 1.66. The summed E-state index contributed by atoms with van der Waals surface area (Å²) in [6, 6.07) is 13.2. The third-order valence-corrected chi connectivity index (χ3v) is 2.72. The van der Waals surface area contributed by atoms with Crippen LogP contribution in [0.25, 0.3) is 0 Å². The summed E-state index contributed by atoms with van der Waals surface area (Å²) >= 11 is 0. The number of nitriles is 1. The summed E-state index contributed by atoms with van der Waals surface area (Å²) in [6.07, 6.45) is 0. The minimum Gasteiger partial charge on any atom is -0.456 e. The van der Waals surface area contributed by atoms with E-state index < -0.39 is 5.82 Å². The van der Waals surface area contributed by atoms with Gasteiger partial charge in [-0.2, -0.15) is 5.26 Å². The topological polar surface area (TPSA) is 59.0 Å². The molecule has 0 aliphatic rings. The van der Waals surface area contributed by atoms with Crippen LogP contribution in [0.4, 0.5) is 4.39 Å². The Morgan fingerprint density at radius 1 is 1.21 bits per heavy atom. The van der Waals surface area contributed by atoms with Gasteiger partial charge in [0, 0.05) is 6.04 Å². The molecule has 2 aromatic rings. The fraction of sp³-hybridized carbons (Fsp3) is 0.133. The standard InChI is InChI=1S/C15H13FN2O/c1-10(18)11-5-7-12(8-6-11)19-15-4-2-3-14(16)13(15)9-17/h2-8,10H,18H2,1H3. The molecule has 3 nitrogen and oxygen atoms in total. The zero-order valence-corrected chi connectivity index (χ0v) is 10.4. The number of hydrogen-bond donors (Lipinski definition) is 1. The van der Waals surface area contributed by atoms with E-state index in [1.165, 1.54) is 12.1 Å². The van der Waals surface area contributed by atoms with Crippen molar-refractivity contribution >= 4 is 0 Å². The van der Waals surface area contributed by atoms with Gasteiger partial charge in [0.05, 0.1) is 0 Å². The van der Waals surface area contributed by atoms with Crippen molar-refractivity contribution in [3.05, 3.63) is 59.4 Å². The largest absolute Gasteiger partial charge is 0.456 e. The lowest BCUT2D eigenvalue weighted by Crippen LogP contribution is -2.04. The average molecular weight is 256 g/mol. The van der Waals surface area contributed by atoms with Crippen molar-refractivity contribution in [2.45, 2.75) is 13.0 Å². The summed E-state index contributed by atoms with van der Waals surface area (Å²) in [5.74, 6) is 0.148. The molecule has 0 amide bonds. The molecule has 0 bridgehead atoms. The van der Waals surface area contributed by atoms with E-state index in [0.29, 0.717) is 5.75 Å². The van der Waals surface area contributed by atoms with Crippen molar-refractivity contribution in [1.29, 1.82) is 5.26 Å². The molecule has 0 heterocycles. The minimum atomic E-state index is -0.591. The smallest absolute Gasteiger partial charge is 0.148 e. The second kappa shape index (κ2) is 5.51. The summed E-state index contributed by atoms with van der Waals surface area (Å²) in [5.41, 5.74) is 6.63. The first-order chi connectivity index (χ1) is 9.11. The number of benzene rings is 2. The second-order valence-corrected chi connectivity index (χ2v) is 4.18. The van der Waals surface area contributed by atoms with Crippen LogP contribution in [-0.2, 0) is 0 Å². The van der Waals surface area contributed by atoms with Crippen molar-refractivity contribution in [3.8, 4) is 17.6 Å². The summed E-state index contributed by atoms with van der Waals surface area (Å²) in [7, 11) is 0. The normalized spacial score (nSPS) is 11.7. The Hall–Kier alpha value is -2.38. The molecule has 0 saturated heterocycles. The molecule has 4 heteroatoms. The maximum atomic E-state index is 13.4. The first kappa shape index (κ1) is 13.1. The van der Waals surface area contributed by atoms with Crippen molar-refractivity contribution in [1.82, 2.24) is 0 Å². The number of nitrogens with zero attached hydrogens (tertiary/aromatic N) is 1. The first-order valence-electron chi connectivity index (χ1n) is 5.84. The van der Waals surface area contributed by atoms with Gasteiger partial charge < -0.3 is 10.5 Å². The summed E-state index contributed by atoms with van der Waals surface area (Å²) in [5, 5.41) is 8.91. The zero-order chi connectivity index (χ0) is 13.8. The number of halogens is 1. The van der Waals surface area contributed by atoms with Crippen LogP contribution in [0.2, 0.25) is 0 Å². The van der Waals surface area contributed by atoms with E-state index in [1.807, 2.05) is 19.1 Å². The molecular weight excluding hydrogens is 243 g/mol. The highest BCUT2D eigenvalue weighted by Crippen LogP contribution is 2.27. The average Bonchev–Trinajstić information content (AvgIpc) is 2.39. The monoisotopic (exact) mass is 256 g/mol. The predicted molar refractivity (Wildman–Crippen MR) is 70.2 cm³/mol. The number of hydrogen-bond acceptors (Lipinski definition) is 3. The Morgan fingerprint density at radius 3 is 2.47 bits per heavy atom. The molecule has 0 aromatic heterocycles. The quantitative estimate of drug-likeness (QED) is 0.914.